The molecule has 0 radical (unpaired) electrons. The number of methoxy groups -OCH3 is 1. The molecule has 0 bridgehead atoms. The van der Waals surface area contributed by atoms with E-state index < -0.39 is 24.0 Å². The summed E-state index contributed by atoms with van der Waals surface area (Å²) in [5.41, 5.74) is 0. The first-order valence-corrected chi connectivity index (χ1v) is 6.36. The van der Waals surface area contributed by atoms with Crippen molar-refractivity contribution in [2.75, 3.05) is 32.2 Å². The Balaban J connectivity index is 1.99. The monoisotopic (exact) mass is 313 g/mol. The third-order valence-electron chi connectivity index (χ3n) is 2.96. The molecule has 1 aliphatic rings. The molecule has 22 heavy (non-hydrogen) atoms. The average molecular weight is 313 g/mol. The van der Waals surface area contributed by atoms with Crippen LogP contribution in [0.15, 0.2) is 6.20 Å². The molecule has 2 rings (SSSR count). The first-order chi connectivity index (χ1) is 10.5. The number of aromatic nitrogens is 3. The standard InChI is InChI=1S/C11H15N5O6/c1-21-11(20)13-8-4-12-16(14-8)5-9(17)15-2-3-22-6-7(15)10(18)19/h4,7H,2-3,5-6H2,1H3,(H,18,19)(H,13,14,20). The van der Waals surface area contributed by atoms with Gasteiger partial charge < -0.3 is 19.5 Å². The normalized spacial score (nSPS) is 17.9. The Morgan fingerprint density at radius 1 is 1.55 bits per heavy atom. The zero-order chi connectivity index (χ0) is 16.1. The van der Waals surface area contributed by atoms with Crippen LogP contribution >= 0.6 is 0 Å². The van der Waals surface area contributed by atoms with Crippen LogP contribution in [-0.4, -0.2) is 75.9 Å². The summed E-state index contributed by atoms with van der Waals surface area (Å²) in [6.07, 6.45) is 0.538. The van der Waals surface area contributed by atoms with Gasteiger partial charge in [-0.15, -0.1) is 5.10 Å². The highest BCUT2D eigenvalue weighted by atomic mass is 16.5. The number of nitrogens with zero attached hydrogens (tertiary/aromatic N) is 4. The molecule has 0 saturated carbocycles. The van der Waals surface area contributed by atoms with E-state index in [1.807, 2.05) is 0 Å². The summed E-state index contributed by atoms with van der Waals surface area (Å²) in [5, 5.41) is 19.1. The molecule has 2 heterocycles. The highest BCUT2D eigenvalue weighted by Crippen LogP contribution is 2.09. The summed E-state index contributed by atoms with van der Waals surface area (Å²) in [4.78, 5) is 36.6. The molecule has 0 spiro atoms. The van der Waals surface area contributed by atoms with E-state index in [9.17, 15) is 14.4 Å². The van der Waals surface area contributed by atoms with Crippen LogP contribution in [0.25, 0.3) is 0 Å². The number of anilines is 1. The Morgan fingerprint density at radius 3 is 3.00 bits per heavy atom. The Bertz CT molecular complexity index is 573. The van der Waals surface area contributed by atoms with Gasteiger partial charge in [0, 0.05) is 6.54 Å². The number of aliphatic carboxylic acids is 1. The highest BCUT2D eigenvalue weighted by molar-refractivity contribution is 5.84. The summed E-state index contributed by atoms with van der Waals surface area (Å²) in [5.74, 6) is -1.46. The molecule has 0 aliphatic carbocycles. The Kier molecular flexibility index (Phi) is 4.88. The first-order valence-electron chi connectivity index (χ1n) is 6.36. The lowest BCUT2D eigenvalue weighted by molar-refractivity contribution is -0.158. The molecule has 1 aromatic rings. The Hall–Kier alpha value is -2.69. The quantitative estimate of drug-likeness (QED) is 0.705. The summed E-state index contributed by atoms with van der Waals surface area (Å²) in [6.45, 7) is 0.164. The molecule has 2 amide bonds. The van der Waals surface area contributed by atoms with Crippen LogP contribution in [0, 0.1) is 0 Å². The number of carbonyl (C=O) groups is 3. The van der Waals surface area contributed by atoms with Gasteiger partial charge in [0.05, 0.1) is 26.5 Å². The van der Waals surface area contributed by atoms with E-state index in [0.29, 0.717) is 0 Å². The number of amides is 2. The highest BCUT2D eigenvalue weighted by Gasteiger charge is 2.32. The van der Waals surface area contributed by atoms with E-state index in [2.05, 4.69) is 20.3 Å². The number of rotatable bonds is 4. The summed E-state index contributed by atoms with van der Waals surface area (Å²) >= 11 is 0. The largest absolute Gasteiger partial charge is 0.480 e. The Labute approximate surface area is 124 Å². The van der Waals surface area contributed by atoms with Crippen molar-refractivity contribution in [2.24, 2.45) is 0 Å². The maximum Gasteiger partial charge on any atom is 0.412 e. The van der Waals surface area contributed by atoms with Crippen molar-refractivity contribution in [3.63, 3.8) is 0 Å². The predicted octanol–water partition coefficient (Wildman–Crippen LogP) is -1.23. The van der Waals surface area contributed by atoms with E-state index >= 15 is 0 Å². The van der Waals surface area contributed by atoms with Crippen LogP contribution in [0.4, 0.5) is 10.6 Å². The van der Waals surface area contributed by atoms with Gasteiger partial charge >= 0.3 is 12.1 Å². The first kappa shape index (κ1) is 15.7. The fourth-order valence-corrected chi connectivity index (χ4v) is 1.90. The second-order valence-corrected chi connectivity index (χ2v) is 4.39. The topological polar surface area (TPSA) is 136 Å². The summed E-state index contributed by atoms with van der Waals surface area (Å²) in [7, 11) is 1.20. The molecule has 11 heteroatoms. The summed E-state index contributed by atoms with van der Waals surface area (Å²) < 4.78 is 9.46. The molecular formula is C11H15N5O6. The third-order valence-corrected chi connectivity index (χ3v) is 2.96. The van der Waals surface area contributed by atoms with Crippen molar-refractivity contribution in [3.05, 3.63) is 6.20 Å². The van der Waals surface area contributed by atoms with Crippen LogP contribution in [0.3, 0.4) is 0 Å². The molecule has 120 valence electrons. The molecule has 1 aromatic heterocycles. The van der Waals surface area contributed by atoms with Gasteiger partial charge in [-0.1, -0.05) is 0 Å². The van der Waals surface area contributed by atoms with Gasteiger partial charge in [-0.2, -0.15) is 9.90 Å². The number of carboxylic acid groups (broad SMARTS) is 1. The molecule has 1 fully saturated rings. The van der Waals surface area contributed by atoms with E-state index in [1.54, 1.807) is 0 Å². The lowest BCUT2D eigenvalue weighted by Gasteiger charge is -2.32. The van der Waals surface area contributed by atoms with E-state index in [4.69, 9.17) is 9.84 Å². The van der Waals surface area contributed by atoms with Crippen molar-refractivity contribution in [1.82, 2.24) is 19.9 Å². The van der Waals surface area contributed by atoms with Crippen LogP contribution in [0.1, 0.15) is 0 Å². The molecule has 1 saturated heterocycles. The second kappa shape index (κ2) is 6.85. The fourth-order valence-electron chi connectivity index (χ4n) is 1.90. The van der Waals surface area contributed by atoms with Crippen molar-refractivity contribution >= 4 is 23.8 Å². The van der Waals surface area contributed by atoms with Crippen molar-refractivity contribution in [2.45, 2.75) is 12.6 Å². The van der Waals surface area contributed by atoms with Gasteiger partial charge in [-0.3, -0.25) is 10.1 Å². The molecule has 1 unspecified atom stereocenters. The van der Waals surface area contributed by atoms with Crippen LogP contribution in [0.2, 0.25) is 0 Å². The number of morpholine rings is 1. The van der Waals surface area contributed by atoms with Crippen LogP contribution in [-0.2, 0) is 25.6 Å². The maximum atomic E-state index is 12.2. The van der Waals surface area contributed by atoms with E-state index in [-0.39, 0.29) is 32.1 Å². The fraction of sp³-hybridized carbons (Fsp3) is 0.545. The van der Waals surface area contributed by atoms with Crippen molar-refractivity contribution in [3.8, 4) is 0 Å². The number of hydrogen-bond acceptors (Lipinski definition) is 7. The molecule has 2 N–H and O–H groups in total. The van der Waals surface area contributed by atoms with Gasteiger partial charge in [0.15, 0.2) is 11.9 Å². The van der Waals surface area contributed by atoms with Crippen LogP contribution < -0.4 is 5.32 Å². The van der Waals surface area contributed by atoms with Crippen molar-refractivity contribution < 1.29 is 29.0 Å². The van der Waals surface area contributed by atoms with Gasteiger partial charge in [-0.25, -0.2) is 9.59 Å². The zero-order valence-corrected chi connectivity index (χ0v) is 11.8. The minimum absolute atomic E-state index is 0.0528. The minimum atomic E-state index is -1.13. The SMILES string of the molecule is COC(=O)Nc1cnn(CC(=O)N2CCOCC2C(=O)O)n1. The van der Waals surface area contributed by atoms with Crippen molar-refractivity contribution in [1.29, 1.82) is 0 Å². The lowest BCUT2D eigenvalue weighted by Crippen LogP contribution is -2.53. The van der Waals surface area contributed by atoms with Gasteiger partial charge in [0.25, 0.3) is 0 Å². The van der Waals surface area contributed by atoms with Gasteiger partial charge in [0.2, 0.25) is 5.91 Å². The lowest BCUT2D eigenvalue weighted by atomic mass is 10.2. The number of nitrogens with one attached hydrogen (secondary N) is 1. The second-order valence-electron chi connectivity index (χ2n) is 4.39. The number of ether oxygens (including phenoxy) is 2. The molecular weight excluding hydrogens is 298 g/mol. The minimum Gasteiger partial charge on any atom is -0.480 e. The molecule has 11 nitrogen and oxygen atoms in total. The Morgan fingerprint density at radius 2 is 2.32 bits per heavy atom. The van der Waals surface area contributed by atoms with E-state index in [0.717, 1.165) is 4.80 Å². The predicted molar refractivity (Wildman–Crippen MR) is 70.0 cm³/mol. The smallest absolute Gasteiger partial charge is 0.412 e. The van der Waals surface area contributed by atoms with Gasteiger partial charge in [-0.05, 0) is 0 Å². The number of carboxylic acids is 1. The van der Waals surface area contributed by atoms with Crippen LogP contribution in [0.5, 0.6) is 0 Å². The summed E-state index contributed by atoms with van der Waals surface area (Å²) in [6, 6.07) is -1.02. The average Bonchev–Trinajstić information content (AvgIpc) is 2.93. The third kappa shape index (κ3) is 3.69. The molecule has 1 atom stereocenters. The van der Waals surface area contributed by atoms with E-state index in [1.165, 1.54) is 18.2 Å². The number of carbonyl (C=O) groups excluding carboxylic acids is 2. The maximum absolute atomic E-state index is 12.2. The molecule has 0 aromatic carbocycles. The zero-order valence-electron chi connectivity index (χ0n) is 11.8. The molecule has 1 aliphatic heterocycles. The van der Waals surface area contributed by atoms with Gasteiger partial charge in [0.1, 0.15) is 6.54 Å². The number of hydrogen-bond donors (Lipinski definition) is 2.